The number of carbonyl (C=O) groups is 1. The van der Waals surface area contributed by atoms with Gasteiger partial charge in [-0.05, 0) is 31.9 Å². The number of hydrogen-bond donors (Lipinski definition) is 0. The number of ether oxygens (including phenoxy) is 1. The van der Waals surface area contributed by atoms with Gasteiger partial charge in [0.05, 0.1) is 12.5 Å². The minimum atomic E-state index is -0.282. The maximum absolute atomic E-state index is 11.5. The van der Waals surface area contributed by atoms with Crippen LogP contribution in [-0.2, 0) is 16.0 Å². The molecule has 0 aliphatic rings. The number of aryl methyl sites for hydroxylation is 1. The lowest BCUT2D eigenvalue weighted by Crippen LogP contribution is -2.18. The highest BCUT2D eigenvalue weighted by atomic mass is 35.5. The lowest BCUT2D eigenvalue weighted by atomic mass is 10.0. The van der Waals surface area contributed by atoms with E-state index < -0.39 is 0 Å². The van der Waals surface area contributed by atoms with Gasteiger partial charge in [0, 0.05) is 11.3 Å². The highest BCUT2D eigenvalue weighted by Gasteiger charge is 2.19. The van der Waals surface area contributed by atoms with Crippen LogP contribution >= 0.6 is 23.2 Å². The van der Waals surface area contributed by atoms with Crippen LogP contribution in [0.1, 0.15) is 25.1 Å². The van der Waals surface area contributed by atoms with E-state index in [9.17, 15) is 4.79 Å². The summed E-state index contributed by atoms with van der Waals surface area (Å²) in [6, 6.07) is 0. The van der Waals surface area contributed by atoms with E-state index >= 15 is 0 Å². The maximum Gasteiger partial charge on any atom is 0.308 e. The van der Waals surface area contributed by atoms with E-state index in [1.54, 1.807) is 20.8 Å². The first-order valence-corrected chi connectivity index (χ1v) is 6.06. The Labute approximate surface area is 110 Å². The molecule has 0 amide bonds. The highest BCUT2D eigenvalue weighted by molar-refractivity contribution is 6.32. The van der Waals surface area contributed by atoms with Crippen LogP contribution in [0.15, 0.2) is 0 Å². The zero-order valence-corrected chi connectivity index (χ0v) is 11.5. The topological polar surface area (TPSA) is 52.1 Å². The Morgan fingerprint density at radius 3 is 2.59 bits per heavy atom. The molecular formula is C11H14Cl2N2O2. The number of nitrogens with zero attached hydrogens (tertiary/aromatic N) is 2. The third-order valence-electron chi connectivity index (χ3n) is 2.34. The average Bonchev–Trinajstić information content (AvgIpc) is 2.23. The molecule has 1 aromatic rings. The van der Waals surface area contributed by atoms with E-state index in [1.165, 1.54) is 0 Å². The first-order chi connectivity index (χ1) is 7.95. The second-order valence-corrected chi connectivity index (χ2v) is 4.40. The molecule has 0 fully saturated rings. The summed E-state index contributed by atoms with van der Waals surface area (Å²) in [7, 11) is 0. The van der Waals surface area contributed by atoms with Crippen LogP contribution in [0, 0.1) is 12.8 Å². The summed E-state index contributed by atoms with van der Waals surface area (Å²) in [4.78, 5) is 19.4. The molecule has 1 heterocycles. The van der Waals surface area contributed by atoms with Crippen LogP contribution in [0.5, 0.6) is 0 Å². The fourth-order valence-corrected chi connectivity index (χ4v) is 1.98. The molecule has 4 nitrogen and oxygen atoms in total. The third-order valence-corrected chi connectivity index (χ3v) is 2.82. The Morgan fingerprint density at radius 2 is 2.06 bits per heavy atom. The maximum atomic E-state index is 11.5. The molecule has 94 valence electrons. The van der Waals surface area contributed by atoms with Crippen LogP contribution in [0.4, 0.5) is 0 Å². The molecule has 0 spiro atoms. The van der Waals surface area contributed by atoms with Gasteiger partial charge in [0.1, 0.15) is 5.15 Å². The van der Waals surface area contributed by atoms with Crippen LogP contribution in [-0.4, -0.2) is 22.5 Å². The van der Waals surface area contributed by atoms with Crippen molar-refractivity contribution >= 4 is 29.2 Å². The van der Waals surface area contributed by atoms with Gasteiger partial charge in [0.25, 0.3) is 0 Å². The first-order valence-electron chi connectivity index (χ1n) is 5.30. The molecule has 0 N–H and O–H groups in total. The second-order valence-electron chi connectivity index (χ2n) is 3.70. The molecule has 1 unspecified atom stereocenters. The van der Waals surface area contributed by atoms with Gasteiger partial charge in [-0.2, -0.15) is 0 Å². The number of carbonyl (C=O) groups excluding carboxylic acids is 1. The molecule has 0 aliphatic carbocycles. The summed E-state index contributed by atoms with van der Waals surface area (Å²) in [5.41, 5.74) is 1.42. The van der Waals surface area contributed by atoms with E-state index in [2.05, 4.69) is 9.97 Å². The summed E-state index contributed by atoms with van der Waals surface area (Å²) in [5.74, 6) is -0.533. The SMILES string of the molecule is CCOC(=O)C(C)Cc1c(C)nc(Cl)nc1Cl. The minimum Gasteiger partial charge on any atom is -0.466 e. The molecule has 0 aliphatic heterocycles. The van der Waals surface area contributed by atoms with Crippen molar-refractivity contribution in [1.82, 2.24) is 9.97 Å². The van der Waals surface area contributed by atoms with Crippen molar-refractivity contribution < 1.29 is 9.53 Å². The standard InChI is InChI=1S/C11H14Cl2N2O2/c1-4-17-10(16)6(2)5-8-7(3)14-11(13)15-9(8)12/h6H,4-5H2,1-3H3. The molecular weight excluding hydrogens is 263 g/mol. The monoisotopic (exact) mass is 276 g/mol. The molecule has 0 saturated carbocycles. The van der Waals surface area contributed by atoms with Crippen molar-refractivity contribution in [3.63, 3.8) is 0 Å². The van der Waals surface area contributed by atoms with Crippen LogP contribution < -0.4 is 0 Å². The number of halogens is 2. The quantitative estimate of drug-likeness (QED) is 0.482. The average molecular weight is 277 g/mol. The normalized spacial score (nSPS) is 12.3. The molecule has 6 heteroatoms. The Kier molecular flexibility index (Phi) is 5.15. The van der Waals surface area contributed by atoms with Gasteiger partial charge in [-0.3, -0.25) is 4.79 Å². The largest absolute Gasteiger partial charge is 0.466 e. The smallest absolute Gasteiger partial charge is 0.308 e. The molecule has 17 heavy (non-hydrogen) atoms. The van der Waals surface area contributed by atoms with Gasteiger partial charge in [-0.1, -0.05) is 18.5 Å². The van der Waals surface area contributed by atoms with Gasteiger partial charge in [0.15, 0.2) is 0 Å². The summed E-state index contributed by atoms with van der Waals surface area (Å²) in [5, 5.41) is 0.402. The van der Waals surface area contributed by atoms with Gasteiger partial charge in [-0.15, -0.1) is 0 Å². The van der Waals surface area contributed by atoms with E-state index in [0.717, 1.165) is 5.56 Å². The van der Waals surface area contributed by atoms with Crippen LogP contribution in [0.2, 0.25) is 10.4 Å². The third kappa shape index (κ3) is 3.82. The van der Waals surface area contributed by atoms with E-state index in [-0.39, 0.29) is 17.2 Å². The molecule has 1 rings (SSSR count). The van der Waals surface area contributed by atoms with Gasteiger partial charge >= 0.3 is 5.97 Å². The Morgan fingerprint density at radius 1 is 1.41 bits per heavy atom. The minimum absolute atomic E-state index is 0.111. The number of hydrogen-bond acceptors (Lipinski definition) is 4. The predicted molar refractivity (Wildman–Crippen MR) is 66.3 cm³/mol. The lowest BCUT2D eigenvalue weighted by Gasteiger charge is -2.12. The molecule has 0 bridgehead atoms. The molecule has 0 radical (unpaired) electrons. The predicted octanol–water partition coefficient (Wildman–Crippen LogP) is 2.83. The molecule has 1 aromatic heterocycles. The molecule has 0 aromatic carbocycles. The Bertz CT molecular complexity index is 401. The first kappa shape index (κ1) is 14.2. The fraction of sp³-hybridized carbons (Fsp3) is 0.545. The summed E-state index contributed by atoms with van der Waals surface area (Å²) >= 11 is 11.6. The second kappa shape index (κ2) is 6.17. The van der Waals surface area contributed by atoms with Gasteiger partial charge < -0.3 is 4.74 Å². The van der Waals surface area contributed by atoms with Crippen molar-refractivity contribution in [3.8, 4) is 0 Å². The van der Waals surface area contributed by atoms with E-state index in [1.807, 2.05) is 0 Å². The lowest BCUT2D eigenvalue weighted by molar-refractivity contribution is -0.147. The van der Waals surface area contributed by atoms with Crippen molar-refractivity contribution in [2.24, 2.45) is 5.92 Å². The number of esters is 1. The van der Waals surface area contributed by atoms with Gasteiger partial charge in [0.2, 0.25) is 5.28 Å². The van der Waals surface area contributed by atoms with E-state index in [4.69, 9.17) is 27.9 Å². The summed E-state index contributed by atoms with van der Waals surface area (Å²) in [6.07, 6.45) is 0.445. The van der Waals surface area contributed by atoms with Crippen molar-refractivity contribution in [2.45, 2.75) is 27.2 Å². The fourth-order valence-electron chi connectivity index (χ4n) is 1.43. The Hall–Kier alpha value is -0.870. The molecule has 0 saturated heterocycles. The highest BCUT2D eigenvalue weighted by Crippen LogP contribution is 2.22. The zero-order chi connectivity index (χ0) is 13.0. The number of rotatable bonds is 4. The number of aromatic nitrogens is 2. The van der Waals surface area contributed by atoms with Crippen LogP contribution in [0.3, 0.4) is 0 Å². The van der Waals surface area contributed by atoms with Crippen molar-refractivity contribution in [1.29, 1.82) is 0 Å². The Balaban J connectivity index is 2.85. The van der Waals surface area contributed by atoms with Crippen molar-refractivity contribution in [3.05, 3.63) is 21.7 Å². The zero-order valence-electron chi connectivity index (χ0n) is 9.96. The molecule has 1 atom stereocenters. The van der Waals surface area contributed by atoms with Gasteiger partial charge in [-0.25, -0.2) is 9.97 Å². The van der Waals surface area contributed by atoms with Crippen molar-refractivity contribution in [2.75, 3.05) is 6.61 Å². The summed E-state index contributed by atoms with van der Waals surface area (Å²) in [6.45, 7) is 5.70. The summed E-state index contributed by atoms with van der Waals surface area (Å²) < 4.78 is 4.93. The van der Waals surface area contributed by atoms with E-state index in [0.29, 0.717) is 23.9 Å². The van der Waals surface area contributed by atoms with Crippen LogP contribution in [0.25, 0.3) is 0 Å².